The van der Waals surface area contributed by atoms with E-state index < -0.39 is 0 Å². The van der Waals surface area contributed by atoms with Gasteiger partial charge in [-0.05, 0) is 25.0 Å². The van der Waals surface area contributed by atoms with E-state index in [1.807, 2.05) is 23.1 Å². The number of hydrogen-bond acceptors (Lipinski definition) is 6. The number of nitrogens with zero attached hydrogens (tertiary/aromatic N) is 5. The normalized spacial score (nSPS) is 14.0. The van der Waals surface area contributed by atoms with Crippen LogP contribution in [0.15, 0.2) is 36.7 Å². The summed E-state index contributed by atoms with van der Waals surface area (Å²) < 4.78 is 5.49. The van der Waals surface area contributed by atoms with Gasteiger partial charge in [-0.15, -0.1) is 0 Å². The topological polar surface area (TPSA) is 61.8 Å². The molecule has 1 aliphatic heterocycles. The predicted octanol–water partition coefficient (Wildman–Crippen LogP) is 3.07. The molecule has 0 spiro atoms. The van der Waals surface area contributed by atoms with Crippen LogP contribution >= 0.6 is 0 Å². The second-order valence-corrected chi connectivity index (χ2v) is 7.20. The Morgan fingerprint density at radius 1 is 1.00 bits per heavy atom. The molecule has 0 unspecified atom stereocenters. The maximum atomic E-state index is 12.7. The average Bonchev–Trinajstić information content (AvgIpc) is 2.78. The maximum absolute atomic E-state index is 12.7. The molecule has 7 heteroatoms. The minimum atomic E-state index is -0.0336. The zero-order chi connectivity index (χ0) is 20.6. The Labute approximate surface area is 173 Å². The molecule has 156 valence electrons. The summed E-state index contributed by atoms with van der Waals surface area (Å²) in [7, 11) is 1.70. The molecule has 29 heavy (non-hydrogen) atoms. The van der Waals surface area contributed by atoms with E-state index in [1.54, 1.807) is 19.5 Å². The third-order valence-electron chi connectivity index (χ3n) is 5.16. The molecule has 2 heterocycles. The number of amides is 1. The number of ether oxygens (including phenoxy) is 1. The van der Waals surface area contributed by atoms with Crippen molar-refractivity contribution in [2.45, 2.75) is 26.7 Å². The lowest BCUT2D eigenvalue weighted by molar-refractivity contribution is 0.0749. The van der Waals surface area contributed by atoms with E-state index >= 15 is 0 Å². The van der Waals surface area contributed by atoms with Gasteiger partial charge in [-0.2, -0.15) is 0 Å². The van der Waals surface area contributed by atoms with Crippen molar-refractivity contribution in [1.82, 2.24) is 14.9 Å². The van der Waals surface area contributed by atoms with Gasteiger partial charge in [0.2, 0.25) is 0 Å². The Hall–Kier alpha value is -2.83. The fourth-order valence-electron chi connectivity index (χ4n) is 3.68. The Morgan fingerprint density at radius 2 is 1.66 bits per heavy atom. The molecular formula is C22H31N5O2. The van der Waals surface area contributed by atoms with Crippen molar-refractivity contribution in [3.8, 4) is 5.75 Å². The highest BCUT2D eigenvalue weighted by Crippen LogP contribution is 2.28. The van der Waals surface area contributed by atoms with Crippen LogP contribution in [0, 0.1) is 0 Å². The number of piperazine rings is 1. The first-order valence-electron chi connectivity index (χ1n) is 10.4. The van der Waals surface area contributed by atoms with Crippen LogP contribution in [0.2, 0.25) is 0 Å². The lowest BCUT2D eigenvalue weighted by Gasteiger charge is -2.37. The van der Waals surface area contributed by atoms with Crippen molar-refractivity contribution < 1.29 is 9.53 Å². The van der Waals surface area contributed by atoms with E-state index in [9.17, 15) is 4.79 Å². The first-order valence-corrected chi connectivity index (χ1v) is 10.4. The zero-order valence-electron chi connectivity index (χ0n) is 17.7. The molecule has 1 aromatic carbocycles. The van der Waals surface area contributed by atoms with Gasteiger partial charge < -0.3 is 19.4 Å². The molecule has 0 saturated carbocycles. The minimum Gasteiger partial charge on any atom is -0.495 e. The summed E-state index contributed by atoms with van der Waals surface area (Å²) in [5.74, 6) is 1.68. The summed E-state index contributed by atoms with van der Waals surface area (Å²) >= 11 is 0. The molecule has 2 aromatic rings. The second kappa shape index (κ2) is 10.1. The Bertz CT molecular complexity index is 782. The number of rotatable bonds is 8. The quantitative estimate of drug-likeness (QED) is 0.682. The second-order valence-electron chi connectivity index (χ2n) is 7.20. The number of carbonyl (C=O) groups is 1. The van der Waals surface area contributed by atoms with Gasteiger partial charge in [0.25, 0.3) is 5.91 Å². The van der Waals surface area contributed by atoms with E-state index in [0.29, 0.717) is 5.69 Å². The van der Waals surface area contributed by atoms with Crippen LogP contribution in [-0.4, -0.2) is 67.2 Å². The average molecular weight is 398 g/mol. The van der Waals surface area contributed by atoms with Crippen LogP contribution in [0.1, 0.15) is 37.2 Å². The first kappa shape index (κ1) is 20.9. The molecule has 1 fully saturated rings. The smallest absolute Gasteiger partial charge is 0.274 e. The monoisotopic (exact) mass is 397 g/mol. The van der Waals surface area contributed by atoms with E-state index in [1.165, 1.54) is 0 Å². The number of hydrogen-bond donors (Lipinski definition) is 0. The molecule has 7 nitrogen and oxygen atoms in total. The van der Waals surface area contributed by atoms with E-state index in [4.69, 9.17) is 4.74 Å². The van der Waals surface area contributed by atoms with Crippen molar-refractivity contribution >= 4 is 17.4 Å². The van der Waals surface area contributed by atoms with Gasteiger partial charge in [-0.3, -0.25) is 4.79 Å². The van der Waals surface area contributed by atoms with Crippen molar-refractivity contribution in [1.29, 1.82) is 0 Å². The van der Waals surface area contributed by atoms with E-state index in [2.05, 4.69) is 39.7 Å². The summed E-state index contributed by atoms with van der Waals surface area (Å²) in [6.07, 6.45) is 5.21. The number of aromatic nitrogens is 2. The number of benzene rings is 1. The van der Waals surface area contributed by atoms with Gasteiger partial charge >= 0.3 is 0 Å². The molecule has 1 aromatic heterocycles. The molecular weight excluding hydrogens is 366 g/mol. The Morgan fingerprint density at radius 3 is 2.24 bits per heavy atom. The van der Waals surface area contributed by atoms with E-state index in [0.717, 1.165) is 69.4 Å². The molecule has 0 radical (unpaired) electrons. The van der Waals surface area contributed by atoms with Crippen LogP contribution in [0.3, 0.4) is 0 Å². The third kappa shape index (κ3) is 4.96. The maximum Gasteiger partial charge on any atom is 0.274 e. The summed E-state index contributed by atoms with van der Waals surface area (Å²) in [6, 6.07) is 8.10. The summed E-state index contributed by atoms with van der Waals surface area (Å²) in [5, 5.41) is 0. The van der Waals surface area contributed by atoms with Gasteiger partial charge in [0.1, 0.15) is 17.3 Å². The van der Waals surface area contributed by atoms with Gasteiger partial charge in [0.05, 0.1) is 25.2 Å². The number of methoxy groups -OCH3 is 1. The minimum absolute atomic E-state index is 0.0336. The third-order valence-corrected chi connectivity index (χ3v) is 5.16. The van der Waals surface area contributed by atoms with Crippen molar-refractivity contribution in [2.24, 2.45) is 0 Å². The number of carbonyl (C=O) groups excluding carboxylic acids is 1. The zero-order valence-corrected chi connectivity index (χ0v) is 17.7. The standard InChI is InChI=1S/C22H31N5O2/c1-4-10-27(11-5-2)22(28)18-16-24-21(17-23-18)26-14-12-25(13-15-26)19-8-6-7-9-20(19)29-3/h6-9,16-17H,4-5,10-15H2,1-3H3. The van der Waals surface area contributed by atoms with Crippen LogP contribution in [0.5, 0.6) is 5.75 Å². The van der Waals surface area contributed by atoms with Gasteiger partial charge in [-0.25, -0.2) is 9.97 Å². The molecule has 0 bridgehead atoms. The highest BCUT2D eigenvalue weighted by Gasteiger charge is 2.22. The molecule has 0 N–H and O–H groups in total. The SMILES string of the molecule is CCCN(CCC)C(=O)c1cnc(N2CCN(c3ccccc3OC)CC2)cn1. The molecule has 3 rings (SSSR count). The molecule has 0 atom stereocenters. The number of para-hydroxylation sites is 2. The van der Waals surface area contributed by atoms with Gasteiger partial charge in [-0.1, -0.05) is 26.0 Å². The molecule has 1 amide bonds. The summed E-state index contributed by atoms with van der Waals surface area (Å²) in [6.45, 7) is 9.11. The van der Waals surface area contributed by atoms with Crippen molar-refractivity contribution in [3.05, 3.63) is 42.4 Å². The Kier molecular flexibility index (Phi) is 7.27. The predicted molar refractivity (Wildman–Crippen MR) is 116 cm³/mol. The molecule has 1 saturated heterocycles. The fourth-order valence-corrected chi connectivity index (χ4v) is 3.68. The summed E-state index contributed by atoms with van der Waals surface area (Å²) in [5.41, 5.74) is 1.54. The van der Waals surface area contributed by atoms with Crippen LogP contribution in [0.4, 0.5) is 11.5 Å². The Balaban J connectivity index is 1.62. The van der Waals surface area contributed by atoms with Crippen LogP contribution < -0.4 is 14.5 Å². The highest BCUT2D eigenvalue weighted by atomic mass is 16.5. The van der Waals surface area contributed by atoms with Crippen LogP contribution in [0.25, 0.3) is 0 Å². The van der Waals surface area contributed by atoms with E-state index in [-0.39, 0.29) is 5.91 Å². The molecule has 0 aliphatic carbocycles. The van der Waals surface area contributed by atoms with Gasteiger partial charge in [0, 0.05) is 39.3 Å². The molecule has 1 aliphatic rings. The largest absolute Gasteiger partial charge is 0.495 e. The van der Waals surface area contributed by atoms with Gasteiger partial charge in [0.15, 0.2) is 0 Å². The van der Waals surface area contributed by atoms with Crippen LogP contribution in [-0.2, 0) is 0 Å². The van der Waals surface area contributed by atoms with Crippen molar-refractivity contribution in [2.75, 3.05) is 56.2 Å². The summed E-state index contributed by atoms with van der Waals surface area (Å²) in [4.78, 5) is 28.0. The first-order chi connectivity index (χ1) is 14.2. The lowest BCUT2D eigenvalue weighted by atomic mass is 10.2. The number of anilines is 2. The highest BCUT2D eigenvalue weighted by molar-refractivity contribution is 5.92. The lowest BCUT2D eigenvalue weighted by Crippen LogP contribution is -2.47. The van der Waals surface area contributed by atoms with Crippen molar-refractivity contribution in [3.63, 3.8) is 0 Å². The fraction of sp³-hybridized carbons (Fsp3) is 0.500.